The molecular weight excluding hydrogens is 252 g/mol. The Hall–Kier alpha value is -2.30. The summed E-state index contributed by atoms with van der Waals surface area (Å²) in [4.78, 5) is 11.8. The van der Waals surface area contributed by atoms with Gasteiger partial charge < -0.3 is 5.32 Å². The molecule has 0 bridgehead atoms. The van der Waals surface area contributed by atoms with E-state index in [0.29, 0.717) is 5.82 Å². The molecular formula is C15H20N4O. The van der Waals surface area contributed by atoms with Gasteiger partial charge in [0, 0.05) is 19.2 Å². The number of benzene rings is 1. The molecule has 20 heavy (non-hydrogen) atoms. The van der Waals surface area contributed by atoms with Gasteiger partial charge in [-0.1, -0.05) is 37.3 Å². The van der Waals surface area contributed by atoms with Crippen molar-refractivity contribution in [2.45, 2.75) is 26.3 Å². The Labute approximate surface area is 119 Å². The molecule has 2 amide bonds. The van der Waals surface area contributed by atoms with E-state index in [4.69, 9.17) is 0 Å². The molecule has 5 nitrogen and oxygen atoms in total. The number of hydrogen-bond acceptors (Lipinski definition) is 2. The summed E-state index contributed by atoms with van der Waals surface area (Å²) in [6.07, 6.45) is 0.894. The van der Waals surface area contributed by atoms with Crippen molar-refractivity contribution in [1.82, 2.24) is 15.1 Å². The summed E-state index contributed by atoms with van der Waals surface area (Å²) in [5.41, 5.74) is 2.03. The number of nitrogens with zero attached hydrogens (tertiary/aromatic N) is 2. The highest BCUT2D eigenvalue weighted by atomic mass is 16.2. The van der Waals surface area contributed by atoms with Crippen LogP contribution < -0.4 is 10.6 Å². The third-order valence-corrected chi connectivity index (χ3v) is 3.18. The second-order valence-corrected chi connectivity index (χ2v) is 4.81. The minimum atomic E-state index is -0.225. The zero-order valence-electron chi connectivity index (χ0n) is 12.1. The van der Waals surface area contributed by atoms with Gasteiger partial charge in [-0.3, -0.25) is 10.00 Å². The van der Waals surface area contributed by atoms with Crippen LogP contribution in [0.15, 0.2) is 36.4 Å². The Bertz CT molecular complexity index is 577. The molecule has 106 valence electrons. The van der Waals surface area contributed by atoms with E-state index >= 15 is 0 Å². The molecule has 2 aromatic rings. The molecule has 2 N–H and O–H groups in total. The summed E-state index contributed by atoms with van der Waals surface area (Å²) < 4.78 is 1.76. The summed E-state index contributed by atoms with van der Waals surface area (Å²) in [6, 6.07) is 11.7. The molecule has 1 aromatic heterocycles. The fourth-order valence-corrected chi connectivity index (χ4v) is 1.89. The first-order valence-corrected chi connectivity index (χ1v) is 6.77. The number of hydrogen-bond donors (Lipinski definition) is 2. The first-order chi connectivity index (χ1) is 9.60. The number of carbonyl (C=O) groups excluding carboxylic acids is 1. The average molecular weight is 272 g/mol. The minimum absolute atomic E-state index is 0.146. The van der Waals surface area contributed by atoms with Crippen molar-refractivity contribution in [2.75, 3.05) is 5.32 Å². The number of aromatic nitrogens is 2. The van der Waals surface area contributed by atoms with Crippen molar-refractivity contribution in [2.24, 2.45) is 7.05 Å². The zero-order chi connectivity index (χ0) is 14.5. The van der Waals surface area contributed by atoms with Gasteiger partial charge in [0.15, 0.2) is 5.82 Å². The molecule has 2 rings (SSSR count). The molecule has 0 radical (unpaired) electrons. The second-order valence-electron chi connectivity index (χ2n) is 4.81. The first-order valence-electron chi connectivity index (χ1n) is 6.77. The summed E-state index contributed by atoms with van der Waals surface area (Å²) >= 11 is 0. The van der Waals surface area contributed by atoms with Gasteiger partial charge in [0.05, 0.1) is 5.69 Å². The van der Waals surface area contributed by atoms with Gasteiger partial charge in [0.25, 0.3) is 0 Å². The van der Waals surface area contributed by atoms with E-state index in [1.807, 2.05) is 57.3 Å². The molecule has 0 spiro atoms. The van der Waals surface area contributed by atoms with Gasteiger partial charge in [-0.05, 0) is 18.9 Å². The van der Waals surface area contributed by atoms with Crippen LogP contribution in [0.5, 0.6) is 0 Å². The molecule has 1 atom stereocenters. The topological polar surface area (TPSA) is 59.0 Å². The number of nitrogens with one attached hydrogen (secondary N) is 2. The molecule has 0 aliphatic heterocycles. The number of rotatable bonds is 4. The molecule has 0 saturated carbocycles. The lowest BCUT2D eigenvalue weighted by molar-refractivity contribution is 0.249. The lowest BCUT2D eigenvalue weighted by atomic mass is 10.1. The van der Waals surface area contributed by atoms with E-state index in [1.165, 1.54) is 0 Å². The van der Waals surface area contributed by atoms with Gasteiger partial charge in [-0.2, -0.15) is 5.10 Å². The van der Waals surface area contributed by atoms with E-state index in [9.17, 15) is 4.79 Å². The number of urea groups is 1. The summed E-state index contributed by atoms with van der Waals surface area (Å²) in [6.45, 7) is 3.99. The average Bonchev–Trinajstić information content (AvgIpc) is 2.80. The maximum atomic E-state index is 11.8. The highest BCUT2D eigenvalue weighted by Gasteiger charge is 2.10. The third-order valence-electron chi connectivity index (χ3n) is 3.18. The van der Waals surface area contributed by atoms with Crippen LogP contribution in [0.4, 0.5) is 10.6 Å². The fourth-order valence-electron chi connectivity index (χ4n) is 1.89. The number of amides is 2. The predicted octanol–water partition coefficient (Wildman–Crippen LogP) is 3.01. The van der Waals surface area contributed by atoms with Crippen molar-refractivity contribution in [3.8, 4) is 11.3 Å². The Morgan fingerprint density at radius 3 is 2.70 bits per heavy atom. The Morgan fingerprint density at radius 2 is 2.05 bits per heavy atom. The van der Waals surface area contributed by atoms with Gasteiger partial charge in [-0.25, -0.2) is 4.79 Å². The van der Waals surface area contributed by atoms with E-state index in [2.05, 4.69) is 15.7 Å². The maximum absolute atomic E-state index is 11.8. The summed E-state index contributed by atoms with van der Waals surface area (Å²) in [7, 11) is 1.86. The van der Waals surface area contributed by atoms with Crippen LogP contribution in [0.1, 0.15) is 20.3 Å². The zero-order valence-corrected chi connectivity index (χ0v) is 12.1. The number of aryl methyl sites for hydroxylation is 1. The Balaban J connectivity index is 2.10. The molecule has 0 aliphatic carbocycles. The standard InChI is InChI=1S/C15H20N4O/c1-4-11(2)16-15(20)17-14-10-13(19(3)18-14)12-8-6-5-7-9-12/h5-11H,4H2,1-3H3,(H2,16,17,18,20). The molecule has 1 unspecified atom stereocenters. The summed E-state index contributed by atoms with van der Waals surface area (Å²) in [5, 5.41) is 9.91. The highest BCUT2D eigenvalue weighted by molar-refractivity contribution is 5.89. The van der Waals surface area contributed by atoms with Crippen LogP contribution in [0.25, 0.3) is 11.3 Å². The molecule has 0 aliphatic rings. The Kier molecular flexibility index (Phi) is 4.40. The van der Waals surface area contributed by atoms with Crippen molar-refractivity contribution in [1.29, 1.82) is 0 Å². The van der Waals surface area contributed by atoms with E-state index in [0.717, 1.165) is 17.7 Å². The highest BCUT2D eigenvalue weighted by Crippen LogP contribution is 2.21. The van der Waals surface area contributed by atoms with Crippen molar-refractivity contribution in [3.63, 3.8) is 0 Å². The fraction of sp³-hybridized carbons (Fsp3) is 0.333. The SMILES string of the molecule is CCC(C)NC(=O)Nc1cc(-c2ccccc2)n(C)n1. The van der Waals surface area contributed by atoms with Crippen molar-refractivity contribution in [3.05, 3.63) is 36.4 Å². The van der Waals surface area contributed by atoms with E-state index in [-0.39, 0.29) is 12.1 Å². The molecule has 0 fully saturated rings. The smallest absolute Gasteiger partial charge is 0.320 e. The predicted molar refractivity (Wildman–Crippen MR) is 80.6 cm³/mol. The third kappa shape index (κ3) is 3.38. The minimum Gasteiger partial charge on any atom is -0.335 e. The van der Waals surface area contributed by atoms with Crippen LogP contribution in [0.2, 0.25) is 0 Å². The lowest BCUT2D eigenvalue weighted by Crippen LogP contribution is -2.35. The van der Waals surface area contributed by atoms with Crippen LogP contribution >= 0.6 is 0 Å². The lowest BCUT2D eigenvalue weighted by Gasteiger charge is -2.10. The van der Waals surface area contributed by atoms with E-state index in [1.54, 1.807) is 4.68 Å². The largest absolute Gasteiger partial charge is 0.335 e. The van der Waals surface area contributed by atoms with Crippen molar-refractivity contribution < 1.29 is 4.79 Å². The maximum Gasteiger partial charge on any atom is 0.320 e. The van der Waals surface area contributed by atoms with Crippen LogP contribution in [-0.4, -0.2) is 21.9 Å². The molecule has 1 aromatic carbocycles. The molecule has 1 heterocycles. The number of carbonyl (C=O) groups is 1. The van der Waals surface area contributed by atoms with Gasteiger partial charge in [-0.15, -0.1) is 0 Å². The van der Waals surface area contributed by atoms with Gasteiger partial charge in [0.2, 0.25) is 0 Å². The second kappa shape index (κ2) is 6.23. The van der Waals surface area contributed by atoms with Crippen LogP contribution in [0.3, 0.4) is 0 Å². The number of anilines is 1. The molecule has 0 saturated heterocycles. The normalized spacial score (nSPS) is 11.9. The van der Waals surface area contributed by atoms with Crippen molar-refractivity contribution >= 4 is 11.8 Å². The first kappa shape index (κ1) is 14.1. The van der Waals surface area contributed by atoms with Gasteiger partial charge in [0.1, 0.15) is 0 Å². The molecule has 5 heteroatoms. The van der Waals surface area contributed by atoms with Crippen LogP contribution in [-0.2, 0) is 7.05 Å². The Morgan fingerprint density at radius 1 is 1.35 bits per heavy atom. The summed E-state index contributed by atoms with van der Waals surface area (Å²) in [5.74, 6) is 0.548. The van der Waals surface area contributed by atoms with E-state index < -0.39 is 0 Å². The van der Waals surface area contributed by atoms with Crippen LogP contribution in [0, 0.1) is 0 Å². The quantitative estimate of drug-likeness (QED) is 0.898. The monoisotopic (exact) mass is 272 g/mol. The van der Waals surface area contributed by atoms with Gasteiger partial charge >= 0.3 is 6.03 Å².